The van der Waals surface area contributed by atoms with Crippen LogP contribution >= 0.6 is 0 Å². The summed E-state index contributed by atoms with van der Waals surface area (Å²) in [7, 11) is -0.858. The predicted molar refractivity (Wildman–Crippen MR) is 123 cm³/mol. The number of nitrogens with zero attached hydrogens (tertiary/aromatic N) is 1. The Balaban J connectivity index is 1.89. The predicted octanol–water partition coefficient (Wildman–Crippen LogP) is 5.46. The molecule has 0 bridgehead atoms. The number of methoxy groups -OCH3 is 2. The van der Waals surface area contributed by atoms with Gasteiger partial charge in [-0.2, -0.15) is 17.5 Å². The minimum atomic E-state index is -4.46. The molecule has 0 fully saturated rings. The fraction of sp³-hybridized carbons (Fsp3) is 0.280. The first-order valence-electron chi connectivity index (χ1n) is 10.5. The number of sulfonamides is 1. The van der Waals surface area contributed by atoms with Crippen molar-refractivity contribution < 1.29 is 31.1 Å². The molecule has 5 nitrogen and oxygen atoms in total. The molecule has 0 radical (unpaired) electrons. The Morgan fingerprint density at radius 2 is 1.41 bits per heavy atom. The summed E-state index contributed by atoms with van der Waals surface area (Å²) < 4.78 is 77.4. The molecule has 0 unspecified atom stereocenters. The highest BCUT2D eigenvalue weighted by Gasteiger charge is 2.30. The van der Waals surface area contributed by atoms with Gasteiger partial charge in [0.15, 0.2) is 11.5 Å². The number of alkyl halides is 3. The maximum Gasteiger partial charge on any atom is 0.416 e. The standard InChI is InChI=1S/C25H26F3NO4S/c1-18-4-11-22(12-5-18)34(30,31)29(17-20-6-9-21(10-7-20)25(26,27)28)15-14-19-8-13-23(32-2)24(16-19)33-3/h4-13,16H,14-15,17H2,1-3H3. The van der Waals surface area contributed by atoms with Gasteiger partial charge in [-0.15, -0.1) is 0 Å². The third-order valence-corrected chi connectivity index (χ3v) is 7.26. The van der Waals surface area contributed by atoms with Crippen molar-refractivity contribution in [3.05, 3.63) is 89.0 Å². The molecule has 0 aliphatic carbocycles. The molecule has 0 saturated carbocycles. The van der Waals surface area contributed by atoms with Crippen LogP contribution in [0.25, 0.3) is 0 Å². The SMILES string of the molecule is COc1ccc(CCN(Cc2ccc(C(F)(F)F)cc2)S(=O)(=O)c2ccc(C)cc2)cc1OC. The van der Waals surface area contributed by atoms with Crippen LogP contribution in [0.4, 0.5) is 13.2 Å². The lowest BCUT2D eigenvalue weighted by Gasteiger charge is -2.23. The van der Waals surface area contributed by atoms with Crippen molar-refractivity contribution in [2.24, 2.45) is 0 Å². The summed E-state index contributed by atoms with van der Waals surface area (Å²) >= 11 is 0. The molecular formula is C25H26F3NO4S. The molecule has 3 rings (SSSR count). The average Bonchev–Trinajstić information content (AvgIpc) is 2.81. The highest BCUT2D eigenvalue weighted by molar-refractivity contribution is 7.89. The van der Waals surface area contributed by atoms with E-state index in [4.69, 9.17) is 9.47 Å². The molecule has 0 heterocycles. The number of rotatable bonds is 9. The summed E-state index contributed by atoms with van der Waals surface area (Å²) in [5.41, 5.74) is 1.42. The second kappa shape index (κ2) is 10.5. The largest absolute Gasteiger partial charge is 0.493 e. The van der Waals surface area contributed by atoms with Crippen molar-refractivity contribution >= 4 is 10.0 Å². The van der Waals surface area contributed by atoms with E-state index < -0.39 is 21.8 Å². The monoisotopic (exact) mass is 493 g/mol. The topological polar surface area (TPSA) is 55.8 Å². The third-order valence-electron chi connectivity index (χ3n) is 5.40. The third kappa shape index (κ3) is 6.09. The van der Waals surface area contributed by atoms with Gasteiger partial charge in [-0.05, 0) is 60.9 Å². The molecule has 0 aromatic heterocycles. The van der Waals surface area contributed by atoms with E-state index in [0.717, 1.165) is 23.3 Å². The van der Waals surface area contributed by atoms with Gasteiger partial charge in [0.2, 0.25) is 10.0 Å². The van der Waals surface area contributed by atoms with Gasteiger partial charge in [0, 0.05) is 13.1 Å². The Labute approximate surface area is 197 Å². The van der Waals surface area contributed by atoms with Crippen molar-refractivity contribution in [3.63, 3.8) is 0 Å². The Kier molecular flexibility index (Phi) is 7.89. The fourth-order valence-electron chi connectivity index (χ4n) is 3.44. The number of halogens is 3. The lowest BCUT2D eigenvalue weighted by atomic mass is 10.1. The summed E-state index contributed by atoms with van der Waals surface area (Å²) in [6.45, 7) is 1.90. The van der Waals surface area contributed by atoms with Gasteiger partial charge in [0.25, 0.3) is 0 Å². The van der Waals surface area contributed by atoms with Gasteiger partial charge >= 0.3 is 6.18 Å². The molecule has 3 aromatic rings. The Bertz CT molecular complexity index is 1210. The van der Waals surface area contributed by atoms with Crippen molar-refractivity contribution in [2.75, 3.05) is 20.8 Å². The molecule has 182 valence electrons. The van der Waals surface area contributed by atoms with Crippen LogP contribution in [0.3, 0.4) is 0 Å². The van der Waals surface area contributed by atoms with Crippen LogP contribution in [-0.2, 0) is 29.2 Å². The number of hydrogen-bond acceptors (Lipinski definition) is 4. The summed E-state index contributed by atoms with van der Waals surface area (Å²) in [6, 6.07) is 16.3. The molecule has 0 aliphatic rings. The van der Waals surface area contributed by atoms with E-state index in [0.29, 0.717) is 23.5 Å². The second-order valence-electron chi connectivity index (χ2n) is 7.79. The van der Waals surface area contributed by atoms with Crippen LogP contribution < -0.4 is 9.47 Å². The van der Waals surface area contributed by atoms with Gasteiger partial charge in [-0.25, -0.2) is 8.42 Å². The summed E-state index contributed by atoms with van der Waals surface area (Å²) in [4.78, 5) is 0.123. The van der Waals surface area contributed by atoms with Gasteiger partial charge in [0.05, 0.1) is 24.7 Å². The smallest absolute Gasteiger partial charge is 0.416 e. The van der Waals surface area contributed by atoms with E-state index in [1.807, 2.05) is 13.0 Å². The van der Waals surface area contributed by atoms with E-state index >= 15 is 0 Å². The van der Waals surface area contributed by atoms with Gasteiger partial charge < -0.3 is 9.47 Å². The zero-order valence-corrected chi connectivity index (χ0v) is 19.9. The number of aryl methyl sites for hydroxylation is 1. The maximum absolute atomic E-state index is 13.4. The Morgan fingerprint density at radius 1 is 0.824 bits per heavy atom. The maximum atomic E-state index is 13.4. The number of benzene rings is 3. The molecular weight excluding hydrogens is 467 g/mol. The van der Waals surface area contributed by atoms with Crippen LogP contribution in [-0.4, -0.2) is 33.5 Å². The van der Waals surface area contributed by atoms with Crippen LogP contribution in [0.15, 0.2) is 71.6 Å². The first-order valence-corrected chi connectivity index (χ1v) is 11.9. The molecule has 0 spiro atoms. The van der Waals surface area contributed by atoms with E-state index in [1.54, 1.807) is 24.3 Å². The first kappa shape index (κ1) is 25.6. The van der Waals surface area contributed by atoms with Crippen molar-refractivity contribution in [3.8, 4) is 11.5 Å². The number of hydrogen-bond donors (Lipinski definition) is 0. The van der Waals surface area contributed by atoms with Gasteiger partial charge in [-0.1, -0.05) is 35.9 Å². The molecule has 3 aromatic carbocycles. The fourth-order valence-corrected chi connectivity index (χ4v) is 4.87. The Morgan fingerprint density at radius 3 is 1.97 bits per heavy atom. The van der Waals surface area contributed by atoms with Gasteiger partial charge in [0.1, 0.15) is 0 Å². The van der Waals surface area contributed by atoms with Crippen LogP contribution in [0, 0.1) is 6.92 Å². The lowest BCUT2D eigenvalue weighted by molar-refractivity contribution is -0.137. The van der Waals surface area contributed by atoms with Crippen molar-refractivity contribution in [1.29, 1.82) is 0 Å². The van der Waals surface area contributed by atoms with Crippen LogP contribution in [0.5, 0.6) is 11.5 Å². The quantitative estimate of drug-likeness (QED) is 0.397. The Hall–Kier alpha value is -3.04. The average molecular weight is 494 g/mol. The van der Waals surface area contributed by atoms with Crippen LogP contribution in [0.1, 0.15) is 22.3 Å². The summed E-state index contributed by atoms with van der Waals surface area (Å²) in [5, 5.41) is 0. The minimum Gasteiger partial charge on any atom is -0.493 e. The second-order valence-corrected chi connectivity index (χ2v) is 9.72. The van der Waals surface area contributed by atoms with Crippen LogP contribution in [0.2, 0.25) is 0 Å². The highest BCUT2D eigenvalue weighted by Crippen LogP contribution is 2.30. The summed E-state index contributed by atoms with van der Waals surface area (Å²) in [5.74, 6) is 1.08. The molecule has 9 heteroatoms. The first-order chi connectivity index (χ1) is 16.0. The minimum absolute atomic E-state index is 0.0678. The zero-order chi connectivity index (χ0) is 24.9. The lowest BCUT2D eigenvalue weighted by Crippen LogP contribution is -2.32. The molecule has 0 atom stereocenters. The zero-order valence-electron chi connectivity index (χ0n) is 19.1. The van der Waals surface area contributed by atoms with E-state index in [9.17, 15) is 21.6 Å². The normalized spacial score (nSPS) is 12.1. The van der Waals surface area contributed by atoms with Gasteiger partial charge in [-0.3, -0.25) is 0 Å². The molecule has 0 amide bonds. The molecule has 0 aliphatic heterocycles. The van der Waals surface area contributed by atoms with E-state index in [-0.39, 0.29) is 18.0 Å². The molecule has 34 heavy (non-hydrogen) atoms. The van der Waals surface area contributed by atoms with Crippen molar-refractivity contribution in [2.45, 2.75) is 31.0 Å². The van der Waals surface area contributed by atoms with Crippen molar-refractivity contribution in [1.82, 2.24) is 4.31 Å². The van der Waals surface area contributed by atoms with E-state index in [2.05, 4.69) is 0 Å². The summed E-state index contributed by atoms with van der Waals surface area (Å²) in [6.07, 6.45) is -4.09. The van der Waals surface area contributed by atoms with E-state index in [1.165, 1.54) is 42.8 Å². The molecule has 0 N–H and O–H groups in total. The highest BCUT2D eigenvalue weighted by atomic mass is 32.2. The number of ether oxygens (including phenoxy) is 2. The molecule has 0 saturated heterocycles.